The van der Waals surface area contributed by atoms with Gasteiger partial charge in [-0.3, -0.25) is 4.90 Å². The fourth-order valence-corrected chi connectivity index (χ4v) is 5.30. The number of nitrogens with zero attached hydrogens (tertiary/aromatic N) is 4. The lowest BCUT2D eigenvalue weighted by Gasteiger charge is -2.36. The van der Waals surface area contributed by atoms with E-state index in [-0.39, 0.29) is 0 Å². The van der Waals surface area contributed by atoms with Crippen LogP contribution >= 0.6 is 11.8 Å². The fourth-order valence-electron chi connectivity index (χ4n) is 4.35. The maximum Gasteiger partial charge on any atom is 0.168 e. The maximum absolute atomic E-state index is 5.99. The zero-order valence-electron chi connectivity index (χ0n) is 18.6. The topological polar surface area (TPSA) is 42.8 Å². The third-order valence-corrected chi connectivity index (χ3v) is 7.11. The summed E-state index contributed by atoms with van der Waals surface area (Å²) in [5.41, 5.74) is 3.39. The highest BCUT2D eigenvalue weighted by Crippen LogP contribution is 2.30. The molecule has 0 spiro atoms. The van der Waals surface area contributed by atoms with Crippen molar-refractivity contribution in [1.29, 1.82) is 0 Å². The van der Waals surface area contributed by atoms with Crippen LogP contribution in [0, 0.1) is 0 Å². The lowest BCUT2D eigenvalue weighted by Crippen LogP contribution is -2.46. The van der Waals surface area contributed by atoms with E-state index in [1.165, 1.54) is 5.69 Å². The van der Waals surface area contributed by atoms with Crippen molar-refractivity contribution in [3.8, 4) is 22.8 Å². The monoisotopic (exact) mass is 450 g/mol. The van der Waals surface area contributed by atoms with Crippen LogP contribution in [-0.2, 0) is 6.54 Å². The molecule has 3 aromatic rings. The number of para-hydroxylation sites is 2. The van der Waals surface area contributed by atoms with Gasteiger partial charge >= 0.3 is 0 Å². The highest BCUT2D eigenvalue weighted by atomic mass is 32.2. The number of piperazine rings is 1. The summed E-state index contributed by atoms with van der Waals surface area (Å²) >= 11 is 1.83. The average Bonchev–Trinajstić information content (AvgIpc) is 3.45. The van der Waals surface area contributed by atoms with Crippen LogP contribution in [-0.4, -0.2) is 66.6 Å². The van der Waals surface area contributed by atoms with Crippen LogP contribution in [0.15, 0.2) is 59.9 Å². The van der Waals surface area contributed by atoms with Gasteiger partial charge in [0.15, 0.2) is 5.16 Å². The third kappa shape index (κ3) is 4.74. The molecule has 168 valence electrons. The van der Waals surface area contributed by atoms with Gasteiger partial charge in [-0.25, -0.2) is 4.98 Å². The number of aromatic nitrogens is 2. The molecule has 0 N–H and O–H groups in total. The summed E-state index contributed by atoms with van der Waals surface area (Å²) in [6.45, 7) is 7.05. The average molecular weight is 451 g/mol. The fraction of sp³-hybridized carbons (Fsp3) is 0.400. The number of hydrogen-bond acceptors (Lipinski definition) is 6. The molecule has 3 heterocycles. The lowest BCUT2D eigenvalue weighted by atomic mass is 10.1. The van der Waals surface area contributed by atoms with Gasteiger partial charge in [-0.15, -0.1) is 0 Å². The Bertz CT molecular complexity index is 1010. The predicted octanol–water partition coefficient (Wildman–Crippen LogP) is 4.26. The van der Waals surface area contributed by atoms with Crippen LogP contribution in [0.4, 0.5) is 5.69 Å². The Kier molecular flexibility index (Phi) is 6.55. The molecule has 32 heavy (non-hydrogen) atoms. The second-order valence-electron chi connectivity index (χ2n) is 8.18. The molecule has 0 aliphatic carbocycles. The molecule has 1 fully saturated rings. The Morgan fingerprint density at radius 1 is 0.969 bits per heavy atom. The molecule has 5 rings (SSSR count). The highest BCUT2D eigenvalue weighted by Gasteiger charge is 2.19. The molecular weight excluding hydrogens is 420 g/mol. The largest absolute Gasteiger partial charge is 0.495 e. The first kappa shape index (κ1) is 21.2. The summed E-state index contributed by atoms with van der Waals surface area (Å²) in [5, 5.41) is 1.13. The Morgan fingerprint density at radius 3 is 2.56 bits per heavy atom. The number of fused-ring (bicyclic) bond motifs is 1. The van der Waals surface area contributed by atoms with Crippen molar-refractivity contribution in [2.45, 2.75) is 18.1 Å². The number of benzene rings is 2. The molecule has 0 bridgehead atoms. The Morgan fingerprint density at radius 2 is 1.78 bits per heavy atom. The van der Waals surface area contributed by atoms with E-state index >= 15 is 0 Å². The first-order valence-corrected chi connectivity index (χ1v) is 12.3. The molecule has 0 unspecified atom stereocenters. The number of imidazole rings is 1. The van der Waals surface area contributed by atoms with Crippen molar-refractivity contribution in [3.05, 3.63) is 54.7 Å². The number of ether oxygens (including phenoxy) is 2. The molecule has 0 radical (unpaired) electrons. The zero-order chi connectivity index (χ0) is 21.8. The smallest absolute Gasteiger partial charge is 0.168 e. The van der Waals surface area contributed by atoms with E-state index in [9.17, 15) is 0 Å². The Balaban J connectivity index is 1.04. The molecule has 0 atom stereocenters. The van der Waals surface area contributed by atoms with Crippen molar-refractivity contribution < 1.29 is 9.47 Å². The van der Waals surface area contributed by atoms with Crippen molar-refractivity contribution in [2.75, 3.05) is 57.1 Å². The Labute approximate surface area is 194 Å². The number of aryl methyl sites for hydroxylation is 1. The number of methoxy groups -OCH3 is 1. The van der Waals surface area contributed by atoms with Crippen LogP contribution in [0.3, 0.4) is 0 Å². The lowest BCUT2D eigenvalue weighted by molar-refractivity contribution is 0.224. The third-order valence-electron chi connectivity index (χ3n) is 6.14. The summed E-state index contributed by atoms with van der Waals surface area (Å²) in [6.07, 6.45) is 3.18. The molecule has 7 heteroatoms. The van der Waals surface area contributed by atoms with Crippen LogP contribution in [0.25, 0.3) is 11.3 Å². The van der Waals surface area contributed by atoms with E-state index < -0.39 is 0 Å². The van der Waals surface area contributed by atoms with Gasteiger partial charge in [-0.05, 0) is 42.8 Å². The zero-order valence-corrected chi connectivity index (χ0v) is 19.4. The van der Waals surface area contributed by atoms with Gasteiger partial charge in [0.2, 0.25) is 0 Å². The van der Waals surface area contributed by atoms with Crippen LogP contribution in [0.1, 0.15) is 6.42 Å². The van der Waals surface area contributed by atoms with Gasteiger partial charge in [0.1, 0.15) is 11.5 Å². The van der Waals surface area contributed by atoms with E-state index in [1.807, 2.05) is 23.9 Å². The predicted molar refractivity (Wildman–Crippen MR) is 130 cm³/mol. The van der Waals surface area contributed by atoms with Crippen LogP contribution in [0.2, 0.25) is 0 Å². The molecule has 0 amide bonds. The van der Waals surface area contributed by atoms with Crippen molar-refractivity contribution >= 4 is 17.4 Å². The number of hydrogen-bond donors (Lipinski definition) is 0. The summed E-state index contributed by atoms with van der Waals surface area (Å²) in [5.74, 6) is 3.01. The molecule has 6 nitrogen and oxygen atoms in total. The SMILES string of the molecule is COc1ccccc1N1CCN(CCCOc2ccc(-c3cn4c(n3)SCC4)cc2)CC1. The minimum absolute atomic E-state index is 0.738. The van der Waals surface area contributed by atoms with E-state index in [0.717, 1.165) is 86.0 Å². The molecule has 2 aliphatic heterocycles. The normalized spacial score (nSPS) is 16.2. The molecule has 0 saturated carbocycles. The van der Waals surface area contributed by atoms with Gasteiger partial charge in [0.05, 0.1) is 25.1 Å². The van der Waals surface area contributed by atoms with Crippen molar-refractivity contribution in [3.63, 3.8) is 0 Å². The summed E-state index contributed by atoms with van der Waals surface area (Å²) < 4.78 is 13.7. The summed E-state index contributed by atoms with van der Waals surface area (Å²) in [4.78, 5) is 9.66. The van der Waals surface area contributed by atoms with Gasteiger partial charge < -0.3 is 18.9 Å². The van der Waals surface area contributed by atoms with E-state index in [1.54, 1.807) is 7.11 Å². The molecule has 2 aromatic carbocycles. The van der Waals surface area contributed by atoms with Crippen molar-refractivity contribution in [2.24, 2.45) is 0 Å². The molecule has 1 aromatic heterocycles. The van der Waals surface area contributed by atoms with E-state index in [2.05, 4.69) is 57.0 Å². The van der Waals surface area contributed by atoms with Crippen LogP contribution < -0.4 is 14.4 Å². The maximum atomic E-state index is 5.99. The number of anilines is 1. The quantitative estimate of drug-likeness (QED) is 0.478. The molecular formula is C25H30N4O2S. The summed E-state index contributed by atoms with van der Waals surface area (Å²) in [7, 11) is 1.74. The van der Waals surface area contributed by atoms with Gasteiger partial charge in [0.25, 0.3) is 0 Å². The van der Waals surface area contributed by atoms with Crippen LogP contribution in [0.5, 0.6) is 11.5 Å². The minimum atomic E-state index is 0.738. The second-order valence-corrected chi connectivity index (χ2v) is 9.24. The standard InChI is InChI=1S/C25H30N4O2S/c1-30-24-6-3-2-5-23(24)28-14-12-27(13-15-28)11-4-17-31-21-9-7-20(8-10-21)22-19-29-16-18-32-25(29)26-22/h2-3,5-10,19H,4,11-18H2,1H3. The number of rotatable bonds is 8. The first-order valence-electron chi connectivity index (χ1n) is 11.3. The first-order chi connectivity index (χ1) is 15.8. The molecule has 1 saturated heterocycles. The summed E-state index contributed by atoms with van der Waals surface area (Å²) in [6, 6.07) is 16.6. The second kappa shape index (κ2) is 9.88. The number of thioether (sulfide) groups is 1. The minimum Gasteiger partial charge on any atom is -0.495 e. The highest BCUT2D eigenvalue weighted by molar-refractivity contribution is 7.99. The van der Waals surface area contributed by atoms with Gasteiger partial charge in [-0.1, -0.05) is 23.9 Å². The van der Waals surface area contributed by atoms with Gasteiger partial charge in [-0.2, -0.15) is 0 Å². The van der Waals surface area contributed by atoms with E-state index in [0.29, 0.717) is 0 Å². The Hall–Kier alpha value is -2.64. The van der Waals surface area contributed by atoms with E-state index in [4.69, 9.17) is 14.5 Å². The molecule has 2 aliphatic rings. The van der Waals surface area contributed by atoms with Crippen molar-refractivity contribution in [1.82, 2.24) is 14.5 Å². The van der Waals surface area contributed by atoms with Gasteiger partial charge in [0, 0.05) is 56.8 Å².